The van der Waals surface area contributed by atoms with Gasteiger partial charge >= 0.3 is 0 Å². The highest BCUT2D eigenvalue weighted by molar-refractivity contribution is 7.83. The molecule has 1 aromatic carbocycles. The number of hydrogen-bond donors (Lipinski definition) is 3. The molecular weight excluding hydrogens is 534 g/mol. The number of ether oxygens (including phenoxy) is 1. The molecule has 7 nitrogen and oxygen atoms in total. The maximum atomic E-state index is 13.5. The van der Waals surface area contributed by atoms with E-state index in [-0.39, 0.29) is 23.4 Å². The average molecular weight is 586 g/mol. The van der Waals surface area contributed by atoms with Gasteiger partial charge in [0.1, 0.15) is 11.0 Å². The van der Waals surface area contributed by atoms with Crippen molar-refractivity contribution >= 4 is 16.9 Å². The van der Waals surface area contributed by atoms with Gasteiger partial charge in [-0.25, -0.2) is 8.93 Å². The van der Waals surface area contributed by atoms with E-state index in [1.807, 2.05) is 45.9 Å². The molecule has 2 heterocycles. The predicted octanol–water partition coefficient (Wildman–Crippen LogP) is 6.02. The number of benzene rings is 1. The fourth-order valence-electron chi connectivity index (χ4n) is 6.02. The highest BCUT2D eigenvalue weighted by Crippen LogP contribution is 2.36. The zero-order valence-corrected chi connectivity index (χ0v) is 27.0. The van der Waals surface area contributed by atoms with Gasteiger partial charge in [-0.1, -0.05) is 46.1 Å². The van der Waals surface area contributed by atoms with Crippen molar-refractivity contribution in [1.29, 1.82) is 0 Å². The summed E-state index contributed by atoms with van der Waals surface area (Å²) < 4.78 is 24.3. The Hall–Kier alpha value is -2.00. The second-order valence-electron chi connectivity index (χ2n) is 14.2. The van der Waals surface area contributed by atoms with Crippen molar-refractivity contribution < 1.29 is 18.8 Å². The molecule has 228 valence electrons. The van der Waals surface area contributed by atoms with Crippen LogP contribution in [0.1, 0.15) is 108 Å². The molecule has 1 saturated heterocycles. The van der Waals surface area contributed by atoms with Crippen LogP contribution in [0, 0.1) is 12.8 Å². The Morgan fingerprint density at radius 2 is 1.73 bits per heavy atom. The molecule has 2 aromatic rings. The summed E-state index contributed by atoms with van der Waals surface area (Å²) >= 11 is 0. The van der Waals surface area contributed by atoms with Gasteiger partial charge in [0.15, 0.2) is 0 Å². The van der Waals surface area contributed by atoms with Gasteiger partial charge in [-0.15, -0.1) is 0 Å². The van der Waals surface area contributed by atoms with Crippen LogP contribution in [0.2, 0.25) is 0 Å². The Morgan fingerprint density at radius 3 is 2.34 bits per heavy atom. The van der Waals surface area contributed by atoms with E-state index in [0.717, 1.165) is 34.0 Å². The molecule has 2 fully saturated rings. The quantitative estimate of drug-likeness (QED) is 0.353. The van der Waals surface area contributed by atoms with Crippen molar-refractivity contribution in [2.24, 2.45) is 5.92 Å². The van der Waals surface area contributed by atoms with Crippen LogP contribution < -0.4 is 10.0 Å². The summed E-state index contributed by atoms with van der Waals surface area (Å²) in [6.07, 6.45) is 7.26. The van der Waals surface area contributed by atoms with E-state index in [0.29, 0.717) is 37.5 Å². The van der Waals surface area contributed by atoms with Gasteiger partial charge in [0.2, 0.25) is 0 Å². The van der Waals surface area contributed by atoms with E-state index in [2.05, 4.69) is 41.4 Å². The Bertz CT molecular complexity index is 1240. The zero-order valence-electron chi connectivity index (χ0n) is 26.2. The fraction of sp³-hybridized carbons (Fsp3) is 0.667. The van der Waals surface area contributed by atoms with Crippen molar-refractivity contribution in [3.8, 4) is 11.3 Å². The van der Waals surface area contributed by atoms with Gasteiger partial charge in [-0.2, -0.15) is 0 Å². The SMILES string of the molecule is Cc1c(C(=O)NCC2(O)CCOCC2)cc(-c2ccc(S(=O)NC(C)(C)C)c(C(C)(C)C)c2)n1CC1CCCCC1. The molecule has 1 amide bonds. The molecule has 1 atom stereocenters. The summed E-state index contributed by atoms with van der Waals surface area (Å²) in [7, 11) is -1.36. The third-order valence-corrected chi connectivity index (χ3v) is 10.0. The fourth-order valence-corrected chi connectivity index (χ4v) is 7.44. The first-order chi connectivity index (χ1) is 19.2. The topological polar surface area (TPSA) is 92.6 Å². The standard InChI is InChI=1S/C33H51N3O4S/c1-23-26(30(37)34-22-33(38)15-17-40-18-16-33)20-28(36(23)21-24-11-9-8-10-12-24)25-13-14-29(27(19-25)31(2,3)4)41(39)35-32(5,6)7/h13-14,19-20,24,35,38H,8-12,15-18,21-22H2,1-7H3,(H,34,37). The van der Waals surface area contributed by atoms with E-state index in [1.54, 1.807) is 0 Å². The lowest BCUT2D eigenvalue weighted by atomic mass is 9.85. The summed E-state index contributed by atoms with van der Waals surface area (Å²) in [5.74, 6) is 0.423. The lowest BCUT2D eigenvalue weighted by Gasteiger charge is -2.32. The smallest absolute Gasteiger partial charge is 0.253 e. The molecule has 0 bridgehead atoms. The summed E-state index contributed by atoms with van der Waals surface area (Å²) in [6.45, 7) is 16.6. The molecule has 0 spiro atoms. The number of nitrogens with one attached hydrogen (secondary N) is 2. The highest BCUT2D eigenvalue weighted by atomic mass is 32.2. The number of carbonyl (C=O) groups is 1. The van der Waals surface area contributed by atoms with E-state index >= 15 is 0 Å². The number of aliphatic hydroxyl groups is 1. The first-order valence-corrected chi connectivity index (χ1v) is 16.4. The molecule has 1 saturated carbocycles. The Labute approximate surface area is 249 Å². The second-order valence-corrected chi connectivity index (χ2v) is 15.4. The van der Waals surface area contributed by atoms with E-state index in [4.69, 9.17) is 4.74 Å². The first kappa shape index (κ1) is 31.9. The summed E-state index contributed by atoms with van der Waals surface area (Å²) in [5.41, 5.74) is 3.21. The predicted molar refractivity (Wildman–Crippen MR) is 167 cm³/mol. The van der Waals surface area contributed by atoms with Crippen molar-refractivity contribution in [3.05, 3.63) is 41.1 Å². The summed E-state index contributed by atoms with van der Waals surface area (Å²) in [6, 6.07) is 8.20. The van der Waals surface area contributed by atoms with Crippen LogP contribution in [0.4, 0.5) is 0 Å². The van der Waals surface area contributed by atoms with Crippen LogP contribution in [0.3, 0.4) is 0 Å². The molecule has 4 rings (SSSR count). The Morgan fingerprint density at radius 1 is 1.07 bits per heavy atom. The van der Waals surface area contributed by atoms with E-state index in [1.165, 1.54) is 32.1 Å². The molecule has 1 aromatic heterocycles. The number of aromatic nitrogens is 1. The van der Waals surface area contributed by atoms with Gasteiger partial charge in [-0.3, -0.25) is 4.79 Å². The summed E-state index contributed by atoms with van der Waals surface area (Å²) in [5, 5.41) is 13.9. The van der Waals surface area contributed by atoms with Gasteiger partial charge in [0, 0.05) is 56.1 Å². The number of nitrogens with zero attached hydrogens (tertiary/aromatic N) is 1. The first-order valence-electron chi connectivity index (χ1n) is 15.3. The van der Waals surface area contributed by atoms with E-state index in [9.17, 15) is 14.1 Å². The molecule has 1 aliphatic heterocycles. The van der Waals surface area contributed by atoms with Gasteiger partial charge in [0.05, 0.1) is 16.1 Å². The summed E-state index contributed by atoms with van der Waals surface area (Å²) in [4.78, 5) is 14.3. The van der Waals surface area contributed by atoms with Gasteiger partial charge in [0.25, 0.3) is 5.91 Å². The molecule has 1 aliphatic carbocycles. The maximum absolute atomic E-state index is 13.5. The normalized spacial score (nSPS) is 19.2. The number of rotatable bonds is 8. The zero-order chi connectivity index (χ0) is 30.0. The Balaban J connectivity index is 1.72. The highest BCUT2D eigenvalue weighted by Gasteiger charge is 2.31. The molecule has 2 aliphatic rings. The van der Waals surface area contributed by atoms with Crippen molar-refractivity contribution in [2.45, 2.75) is 121 Å². The van der Waals surface area contributed by atoms with E-state index < -0.39 is 16.6 Å². The molecule has 8 heteroatoms. The lowest BCUT2D eigenvalue weighted by molar-refractivity contribution is -0.0605. The van der Waals surface area contributed by atoms with Gasteiger partial charge < -0.3 is 19.7 Å². The molecule has 0 radical (unpaired) electrons. The molecule has 41 heavy (non-hydrogen) atoms. The van der Waals surface area contributed by atoms with Crippen molar-refractivity contribution in [2.75, 3.05) is 19.8 Å². The van der Waals surface area contributed by atoms with Crippen molar-refractivity contribution in [1.82, 2.24) is 14.6 Å². The second kappa shape index (κ2) is 12.7. The van der Waals surface area contributed by atoms with Crippen LogP contribution in [-0.2, 0) is 27.7 Å². The van der Waals surface area contributed by atoms with Crippen LogP contribution in [0.25, 0.3) is 11.3 Å². The van der Waals surface area contributed by atoms with Crippen LogP contribution in [0.5, 0.6) is 0 Å². The van der Waals surface area contributed by atoms with Crippen LogP contribution in [0.15, 0.2) is 29.2 Å². The maximum Gasteiger partial charge on any atom is 0.253 e. The van der Waals surface area contributed by atoms with Crippen LogP contribution >= 0.6 is 0 Å². The molecule has 1 unspecified atom stereocenters. The number of amides is 1. The van der Waals surface area contributed by atoms with Gasteiger partial charge in [-0.05, 0) is 81.2 Å². The third kappa shape index (κ3) is 8.09. The third-order valence-electron chi connectivity index (χ3n) is 8.46. The minimum absolute atomic E-state index is 0.158. The van der Waals surface area contributed by atoms with Crippen molar-refractivity contribution in [3.63, 3.8) is 0 Å². The Kier molecular flexibility index (Phi) is 9.89. The minimum Gasteiger partial charge on any atom is -0.388 e. The van der Waals surface area contributed by atoms with Crippen LogP contribution in [-0.4, -0.2) is 50.7 Å². The lowest BCUT2D eigenvalue weighted by Crippen LogP contribution is -2.46. The minimum atomic E-state index is -1.36. The molecular formula is C33H51N3O4S. The number of carbonyl (C=O) groups excluding carboxylic acids is 1. The average Bonchev–Trinajstić information content (AvgIpc) is 3.22. The number of hydrogen-bond acceptors (Lipinski definition) is 4. The molecule has 3 N–H and O–H groups in total. The largest absolute Gasteiger partial charge is 0.388 e. The monoisotopic (exact) mass is 585 g/mol.